The van der Waals surface area contributed by atoms with Crippen LogP contribution >= 0.6 is 0 Å². The first kappa shape index (κ1) is 13.3. The molecular formula is C13H26N2O2. The topological polar surface area (TPSA) is 44.7 Å². The van der Waals surface area contributed by atoms with E-state index in [-0.39, 0.29) is 18.2 Å². The van der Waals surface area contributed by atoms with E-state index in [0.29, 0.717) is 6.04 Å². The molecule has 1 saturated heterocycles. The number of hydrogen-bond acceptors (Lipinski definition) is 4. The van der Waals surface area contributed by atoms with Crippen molar-refractivity contribution in [3.63, 3.8) is 0 Å². The van der Waals surface area contributed by atoms with E-state index in [4.69, 9.17) is 4.74 Å². The summed E-state index contributed by atoms with van der Waals surface area (Å²) in [5.74, 6) is 0. The van der Waals surface area contributed by atoms with Gasteiger partial charge in [-0.25, -0.2) is 0 Å². The first-order valence-electron chi connectivity index (χ1n) is 6.87. The molecule has 1 saturated carbocycles. The summed E-state index contributed by atoms with van der Waals surface area (Å²) in [7, 11) is 0. The largest absolute Gasteiger partial charge is 0.394 e. The van der Waals surface area contributed by atoms with Crippen LogP contribution in [0, 0.1) is 0 Å². The molecule has 0 aromatic heterocycles. The summed E-state index contributed by atoms with van der Waals surface area (Å²) in [5, 5.41) is 12.9. The Kier molecular flexibility index (Phi) is 4.42. The molecule has 1 aliphatic carbocycles. The zero-order valence-corrected chi connectivity index (χ0v) is 11.1. The summed E-state index contributed by atoms with van der Waals surface area (Å²) in [5.41, 5.74) is 0.00344. The van der Waals surface area contributed by atoms with Crippen LogP contribution in [0.25, 0.3) is 0 Å². The molecule has 0 spiro atoms. The predicted molar refractivity (Wildman–Crippen MR) is 68.1 cm³/mol. The molecular weight excluding hydrogens is 216 g/mol. The van der Waals surface area contributed by atoms with E-state index in [2.05, 4.69) is 24.1 Å². The van der Waals surface area contributed by atoms with Gasteiger partial charge in [-0.3, -0.25) is 4.90 Å². The minimum absolute atomic E-state index is 0.00344. The second-order valence-corrected chi connectivity index (χ2v) is 5.75. The second kappa shape index (κ2) is 5.65. The molecule has 2 rings (SSSR count). The summed E-state index contributed by atoms with van der Waals surface area (Å²) >= 11 is 0. The van der Waals surface area contributed by atoms with E-state index in [1.807, 2.05) is 0 Å². The maximum absolute atomic E-state index is 9.39. The van der Waals surface area contributed by atoms with Crippen molar-refractivity contribution >= 4 is 0 Å². The molecule has 1 heterocycles. The smallest absolute Gasteiger partial charge is 0.0827 e. The minimum Gasteiger partial charge on any atom is -0.394 e. The fraction of sp³-hybridized carbons (Fsp3) is 1.00. The molecule has 2 fully saturated rings. The van der Waals surface area contributed by atoms with Crippen molar-refractivity contribution in [3.8, 4) is 0 Å². The Morgan fingerprint density at radius 3 is 2.76 bits per heavy atom. The first-order chi connectivity index (χ1) is 8.15. The SMILES string of the molecule is CC(C)N1CCOC(CNC2(CO)CCC2)C1. The Balaban J connectivity index is 1.75. The van der Waals surface area contributed by atoms with Gasteiger partial charge in [0.2, 0.25) is 0 Å². The van der Waals surface area contributed by atoms with Gasteiger partial charge in [-0.1, -0.05) is 0 Å². The third-order valence-electron chi connectivity index (χ3n) is 4.22. The summed E-state index contributed by atoms with van der Waals surface area (Å²) < 4.78 is 5.78. The fourth-order valence-corrected chi connectivity index (χ4v) is 2.66. The number of aliphatic hydroxyl groups is 1. The van der Waals surface area contributed by atoms with E-state index in [1.54, 1.807) is 0 Å². The van der Waals surface area contributed by atoms with Crippen molar-refractivity contribution in [1.82, 2.24) is 10.2 Å². The lowest BCUT2D eigenvalue weighted by atomic mass is 9.77. The van der Waals surface area contributed by atoms with E-state index in [0.717, 1.165) is 39.1 Å². The molecule has 1 aliphatic heterocycles. The normalized spacial score (nSPS) is 29.3. The molecule has 4 nitrogen and oxygen atoms in total. The predicted octanol–water partition coefficient (Wildman–Crippen LogP) is 0.600. The molecule has 0 aromatic rings. The van der Waals surface area contributed by atoms with Gasteiger partial charge in [-0.2, -0.15) is 0 Å². The maximum atomic E-state index is 9.39. The number of nitrogens with one attached hydrogen (secondary N) is 1. The highest BCUT2D eigenvalue weighted by Crippen LogP contribution is 2.31. The zero-order chi connectivity index (χ0) is 12.3. The quantitative estimate of drug-likeness (QED) is 0.741. The van der Waals surface area contributed by atoms with Crippen LogP contribution in [0.2, 0.25) is 0 Å². The van der Waals surface area contributed by atoms with Crippen LogP contribution in [0.15, 0.2) is 0 Å². The number of morpholine rings is 1. The van der Waals surface area contributed by atoms with E-state index >= 15 is 0 Å². The van der Waals surface area contributed by atoms with Gasteiger partial charge in [0.25, 0.3) is 0 Å². The van der Waals surface area contributed by atoms with Crippen molar-refractivity contribution in [2.45, 2.75) is 50.8 Å². The van der Waals surface area contributed by atoms with Crippen molar-refractivity contribution in [3.05, 3.63) is 0 Å². The van der Waals surface area contributed by atoms with Gasteiger partial charge < -0.3 is 15.2 Å². The molecule has 0 radical (unpaired) electrons. The number of ether oxygens (including phenoxy) is 1. The Bertz CT molecular complexity index is 236. The Morgan fingerprint density at radius 2 is 2.24 bits per heavy atom. The Hall–Kier alpha value is -0.160. The number of nitrogens with zero attached hydrogens (tertiary/aromatic N) is 1. The lowest BCUT2D eigenvalue weighted by Gasteiger charge is -2.43. The van der Waals surface area contributed by atoms with Crippen LogP contribution in [0.4, 0.5) is 0 Å². The van der Waals surface area contributed by atoms with E-state index < -0.39 is 0 Å². The standard InChI is InChI=1S/C13H26N2O2/c1-11(2)15-6-7-17-12(9-15)8-14-13(10-16)4-3-5-13/h11-12,14,16H,3-10H2,1-2H3. The molecule has 4 heteroatoms. The van der Waals surface area contributed by atoms with Crippen molar-refractivity contribution in [2.24, 2.45) is 0 Å². The minimum atomic E-state index is 0.00344. The monoisotopic (exact) mass is 242 g/mol. The van der Waals surface area contributed by atoms with Crippen molar-refractivity contribution < 1.29 is 9.84 Å². The number of aliphatic hydroxyl groups excluding tert-OH is 1. The average Bonchev–Trinajstić information content (AvgIpc) is 2.28. The van der Waals surface area contributed by atoms with Crippen LogP contribution in [0.1, 0.15) is 33.1 Å². The fourth-order valence-electron chi connectivity index (χ4n) is 2.66. The van der Waals surface area contributed by atoms with Gasteiger partial charge in [-0.05, 0) is 33.1 Å². The van der Waals surface area contributed by atoms with Crippen molar-refractivity contribution in [2.75, 3.05) is 32.8 Å². The van der Waals surface area contributed by atoms with Gasteiger partial charge >= 0.3 is 0 Å². The number of hydrogen-bond donors (Lipinski definition) is 2. The van der Waals surface area contributed by atoms with Gasteiger partial charge in [0.1, 0.15) is 0 Å². The molecule has 0 amide bonds. The van der Waals surface area contributed by atoms with Gasteiger partial charge in [0.15, 0.2) is 0 Å². The molecule has 0 bridgehead atoms. The summed E-state index contributed by atoms with van der Waals surface area (Å²) in [4.78, 5) is 2.46. The Morgan fingerprint density at radius 1 is 1.47 bits per heavy atom. The molecule has 17 heavy (non-hydrogen) atoms. The van der Waals surface area contributed by atoms with Crippen LogP contribution in [-0.2, 0) is 4.74 Å². The lowest BCUT2D eigenvalue weighted by Crippen LogP contribution is -2.58. The third-order valence-corrected chi connectivity index (χ3v) is 4.22. The third kappa shape index (κ3) is 3.19. The van der Waals surface area contributed by atoms with Gasteiger partial charge in [-0.15, -0.1) is 0 Å². The summed E-state index contributed by atoms with van der Waals surface area (Å²) in [6.45, 7) is 8.47. The zero-order valence-electron chi connectivity index (χ0n) is 11.1. The second-order valence-electron chi connectivity index (χ2n) is 5.75. The summed E-state index contributed by atoms with van der Waals surface area (Å²) in [6, 6.07) is 0.594. The van der Waals surface area contributed by atoms with Crippen LogP contribution in [0.3, 0.4) is 0 Å². The van der Waals surface area contributed by atoms with Crippen molar-refractivity contribution in [1.29, 1.82) is 0 Å². The molecule has 100 valence electrons. The Labute approximate surface area is 104 Å². The average molecular weight is 242 g/mol. The van der Waals surface area contributed by atoms with Gasteiger partial charge in [0.05, 0.1) is 19.3 Å². The van der Waals surface area contributed by atoms with Crippen LogP contribution in [-0.4, -0.2) is 60.5 Å². The molecule has 2 N–H and O–H groups in total. The van der Waals surface area contributed by atoms with Crippen LogP contribution in [0.5, 0.6) is 0 Å². The highest BCUT2D eigenvalue weighted by atomic mass is 16.5. The highest BCUT2D eigenvalue weighted by Gasteiger charge is 2.36. The summed E-state index contributed by atoms with van der Waals surface area (Å²) in [6.07, 6.45) is 3.71. The van der Waals surface area contributed by atoms with Crippen LogP contribution < -0.4 is 5.32 Å². The van der Waals surface area contributed by atoms with E-state index in [9.17, 15) is 5.11 Å². The van der Waals surface area contributed by atoms with Gasteiger partial charge in [0, 0.05) is 31.2 Å². The molecule has 0 aromatic carbocycles. The highest BCUT2D eigenvalue weighted by molar-refractivity contribution is 4.96. The first-order valence-corrected chi connectivity index (χ1v) is 6.87. The molecule has 1 unspecified atom stereocenters. The number of rotatable bonds is 5. The van der Waals surface area contributed by atoms with E-state index in [1.165, 1.54) is 6.42 Å². The lowest BCUT2D eigenvalue weighted by molar-refractivity contribution is -0.0450. The molecule has 1 atom stereocenters. The maximum Gasteiger partial charge on any atom is 0.0827 e. The molecule has 2 aliphatic rings.